The number of halogens is 3. The molecule has 2 aromatic heterocycles. The molecule has 0 radical (unpaired) electrons. The van der Waals surface area contributed by atoms with Gasteiger partial charge in [-0.1, -0.05) is 6.07 Å². The van der Waals surface area contributed by atoms with E-state index >= 15 is 0 Å². The van der Waals surface area contributed by atoms with Crippen molar-refractivity contribution in [1.82, 2.24) is 14.9 Å². The van der Waals surface area contributed by atoms with E-state index in [2.05, 4.69) is 10.3 Å². The van der Waals surface area contributed by atoms with Crippen LogP contribution >= 0.6 is 0 Å². The van der Waals surface area contributed by atoms with E-state index in [0.717, 1.165) is 35.4 Å². The number of hydrogen-bond donors (Lipinski definition) is 3. The number of benzene rings is 2. The smallest absolute Gasteiger partial charge is 0.417 e. The van der Waals surface area contributed by atoms with Gasteiger partial charge in [0.25, 0.3) is 0 Å². The zero-order valence-electron chi connectivity index (χ0n) is 19.2. The Morgan fingerprint density at radius 3 is 2.51 bits per heavy atom. The lowest BCUT2D eigenvalue weighted by molar-refractivity contribution is -0.137. The molecule has 2 aromatic carbocycles. The first-order valence-corrected chi connectivity index (χ1v) is 11.4. The number of amides is 1. The average molecular weight is 510 g/mol. The normalized spacial score (nSPS) is 13.6. The van der Waals surface area contributed by atoms with Gasteiger partial charge in [0.2, 0.25) is 5.91 Å². The molecule has 11 heteroatoms. The summed E-state index contributed by atoms with van der Waals surface area (Å²) >= 11 is 0. The predicted octanol–water partition coefficient (Wildman–Crippen LogP) is 5.39. The quantitative estimate of drug-likeness (QED) is 0.307. The predicted molar refractivity (Wildman–Crippen MR) is 128 cm³/mol. The second kappa shape index (κ2) is 9.25. The van der Waals surface area contributed by atoms with Crippen molar-refractivity contribution in [2.24, 2.45) is 5.73 Å². The monoisotopic (exact) mass is 510 g/mol. The van der Waals surface area contributed by atoms with Gasteiger partial charge < -0.3 is 20.9 Å². The molecule has 0 saturated heterocycles. The first-order chi connectivity index (χ1) is 17.6. The molecule has 0 aliphatic heterocycles. The Morgan fingerprint density at radius 1 is 1.08 bits per heavy atom. The van der Waals surface area contributed by atoms with Gasteiger partial charge in [0.15, 0.2) is 0 Å². The van der Waals surface area contributed by atoms with E-state index in [9.17, 15) is 27.9 Å². The third-order valence-electron chi connectivity index (χ3n) is 6.05. The summed E-state index contributed by atoms with van der Waals surface area (Å²) in [5.74, 6) is -0.237. The highest BCUT2D eigenvalue weighted by Gasteiger charge is 2.35. The number of nitrogens with two attached hydrogens (primary N) is 1. The first kappa shape index (κ1) is 24.3. The average Bonchev–Trinajstić information content (AvgIpc) is 3.60. The molecular formula is C26H21F3N4O4. The number of fused-ring (bicyclic) bond motifs is 1. The SMILES string of the molecule is NC(=O)c1ccc(-c2cn(C(=O)O)c3ccc(Oc4ccnc(CNC5CC5)c4)cc23)c(C(F)(F)F)c1. The molecular weight excluding hydrogens is 489 g/mol. The Hall–Kier alpha value is -4.38. The van der Waals surface area contributed by atoms with E-state index in [1.807, 2.05) is 0 Å². The fourth-order valence-corrected chi connectivity index (χ4v) is 4.10. The van der Waals surface area contributed by atoms with Crippen molar-refractivity contribution in [2.75, 3.05) is 0 Å². The van der Waals surface area contributed by atoms with Gasteiger partial charge in [-0.15, -0.1) is 0 Å². The Balaban J connectivity index is 1.57. The number of nitrogens with one attached hydrogen (secondary N) is 1. The minimum atomic E-state index is -4.82. The van der Waals surface area contributed by atoms with Gasteiger partial charge in [-0.05, 0) is 54.8 Å². The lowest BCUT2D eigenvalue weighted by Gasteiger charge is -2.14. The maximum atomic E-state index is 14.0. The number of aromatic nitrogens is 2. The van der Waals surface area contributed by atoms with Crippen LogP contribution in [-0.2, 0) is 12.7 Å². The number of alkyl halides is 3. The van der Waals surface area contributed by atoms with E-state index < -0.39 is 23.7 Å². The molecule has 4 N–H and O–H groups in total. The lowest BCUT2D eigenvalue weighted by Crippen LogP contribution is -2.16. The number of carboxylic acid groups (broad SMARTS) is 1. The highest BCUT2D eigenvalue weighted by molar-refractivity contribution is 6.02. The van der Waals surface area contributed by atoms with E-state index in [1.54, 1.807) is 18.3 Å². The Kier molecular flexibility index (Phi) is 6.08. The summed E-state index contributed by atoms with van der Waals surface area (Å²) in [6, 6.07) is 11.3. The molecule has 1 aliphatic carbocycles. The molecule has 2 heterocycles. The number of carbonyl (C=O) groups excluding carboxylic acids is 1. The second-order valence-electron chi connectivity index (χ2n) is 8.74. The molecule has 37 heavy (non-hydrogen) atoms. The fraction of sp³-hybridized carbons (Fsp3) is 0.192. The number of carbonyl (C=O) groups is 2. The van der Waals surface area contributed by atoms with Crippen LogP contribution < -0.4 is 15.8 Å². The van der Waals surface area contributed by atoms with E-state index in [0.29, 0.717) is 30.2 Å². The van der Waals surface area contributed by atoms with Crippen molar-refractivity contribution >= 4 is 22.9 Å². The number of pyridine rings is 1. The van der Waals surface area contributed by atoms with Crippen molar-refractivity contribution in [3.8, 4) is 22.6 Å². The van der Waals surface area contributed by atoms with Crippen LogP contribution in [0.2, 0.25) is 0 Å². The van der Waals surface area contributed by atoms with Crippen molar-refractivity contribution in [3.63, 3.8) is 0 Å². The molecule has 1 fully saturated rings. The Labute approximate surface area is 208 Å². The first-order valence-electron chi connectivity index (χ1n) is 11.4. The fourth-order valence-electron chi connectivity index (χ4n) is 4.10. The molecule has 0 spiro atoms. The van der Waals surface area contributed by atoms with Crippen LogP contribution in [0.1, 0.15) is 34.5 Å². The van der Waals surface area contributed by atoms with Gasteiger partial charge in [-0.25, -0.2) is 4.79 Å². The third kappa shape index (κ3) is 5.12. The molecule has 1 saturated carbocycles. The molecule has 0 atom stereocenters. The van der Waals surface area contributed by atoms with Crippen LogP contribution in [0.15, 0.2) is 60.9 Å². The van der Waals surface area contributed by atoms with Crippen LogP contribution in [0.4, 0.5) is 18.0 Å². The standard InChI is InChI=1S/C26H21F3N4O4/c27-26(28,29)22-9-14(24(30)34)1-5-19(22)21-13-33(25(35)36)23-6-4-17(11-20(21)23)37-18-7-8-31-16(10-18)12-32-15-2-3-15/h1,4-11,13,15,32H,2-3,12H2,(H2,30,34)(H,35,36). The van der Waals surface area contributed by atoms with Gasteiger partial charge in [0.05, 0.1) is 16.8 Å². The number of hydrogen-bond acceptors (Lipinski definition) is 5. The summed E-state index contributed by atoms with van der Waals surface area (Å²) in [5.41, 5.74) is 4.41. The number of rotatable bonds is 7. The van der Waals surface area contributed by atoms with Crippen LogP contribution in [0.25, 0.3) is 22.0 Å². The van der Waals surface area contributed by atoms with Gasteiger partial charge in [0, 0.05) is 47.6 Å². The Morgan fingerprint density at radius 2 is 1.84 bits per heavy atom. The zero-order chi connectivity index (χ0) is 26.3. The van der Waals surface area contributed by atoms with Crippen molar-refractivity contribution < 1.29 is 32.6 Å². The minimum Gasteiger partial charge on any atom is -0.464 e. The summed E-state index contributed by atoms with van der Waals surface area (Å²) in [4.78, 5) is 27.7. The summed E-state index contributed by atoms with van der Waals surface area (Å²) < 4.78 is 48.6. The van der Waals surface area contributed by atoms with E-state index in [1.165, 1.54) is 24.3 Å². The molecule has 0 bridgehead atoms. The topological polar surface area (TPSA) is 119 Å². The van der Waals surface area contributed by atoms with E-state index in [-0.39, 0.29) is 27.6 Å². The van der Waals surface area contributed by atoms with Gasteiger partial charge in [-0.2, -0.15) is 13.2 Å². The maximum Gasteiger partial charge on any atom is 0.417 e. The second-order valence-corrected chi connectivity index (χ2v) is 8.74. The zero-order valence-corrected chi connectivity index (χ0v) is 19.2. The highest BCUT2D eigenvalue weighted by atomic mass is 19.4. The molecule has 1 amide bonds. The van der Waals surface area contributed by atoms with Crippen molar-refractivity contribution in [3.05, 3.63) is 77.7 Å². The largest absolute Gasteiger partial charge is 0.464 e. The van der Waals surface area contributed by atoms with Gasteiger partial charge in [0.1, 0.15) is 11.5 Å². The minimum absolute atomic E-state index is 0.00949. The number of primary amides is 1. The van der Waals surface area contributed by atoms with Crippen LogP contribution in [-0.4, -0.2) is 32.7 Å². The molecule has 190 valence electrons. The summed E-state index contributed by atoms with van der Waals surface area (Å²) in [6.45, 7) is 0.577. The number of ether oxygens (including phenoxy) is 1. The Bertz CT molecular complexity index is 1530. The molecule has 8 nitrogen and oxygen atoms in total. The van der Waals surface area contributed by atoms with Crippen LogP contribution in [0, 0.1) is 0 Å². The third-order valence-corrected chi connectivity index (χ3v) is 6.05. The van der Waals surface area contributed by atoms with Gasteiger partial charge in [-0.3, -0.25) is 14.3 Å². The summed E-state index contributed by atoms with van der Waals surface area (Å²) in [5, 5.41) is 13.2. The van der Waals surface area contributed by atoms with E-state index in [4.69, 9.17) is 10.5 Å². The molecule has 5 rings (SSSR count). The highest BCUT2D eigenvalue weighted by Crippen LogP contribution is 2.42. The van der Waals surface area contributed by atoms with Gasteiger partial charge >= 0.3 is 12.3 Å². The van der Waals surface area contributed by atoms with Crippen LogP contribution in [0.5, 0.6) is 11.5 Å². The maximum absolute atomic E-state index is 14.0. The number of nitrogens with zero attached hydrogens (tertiary/aromatic N) is 2. The van der Waals surface area contributed by atoms with Crippen molar-refractivity contribution in [1.29, 1.82) is 0 Å². The summed E-state index contributed by atoms with van der Waals surface area (Å²) in [6.07, 6.45) is -1.21. The molecule has 4 aromatic rings. The van der Waals surface area contributed by atoms with Crippen LogP contribution in [0.3, 0.4) is 0 Å². The van der Waals surface area contributed by atoms with Crippen molar-refractivity contribution in [2.45, 2.75) is 31.6 Å². The molecule has 1 aliphatic rings. The summed E-state index contributed by atoms with van der Waals surface area (Å²) in [7, 11) is 0. The molecule has 0 unspecified atom stereocenters. The lowest BCUT2D eigenvalue weighted by atomic mass is 9.96.